The molecule has 0 radical (unpaired) electrons. The number of aromatic amines is 2. The molecule has 3 aromatic heterocycles. The van der Waals surface area contributed by atoms with Crippen LogP contribution in [0.4, 0.5) is 0 Å². The number of benzene rings is 1. The molecule has 1 saturated heterocycles. The Labute approximate surface area is 156 Å². The molecule has 2 N–H and O–H groups in total. The van der Waals surface area contributed by atoms with Crippen LogP contribution in [0, 0.1) is 0 Å². The Bertz CT molecular complexity index is 1120. The van der Waals surface area contributed by atoms with Gasteiger partial charge in [0.05, 0.1) is 23.3 Å². The van der Waals surface area contributed by atoms with Crippen molar-refractivity contribution in [2.45, 2.75) is 25.3 Å². The zero-order valence-corrected chi connectivity index (χ0v) is 15.2. The summed E-state index contributed by atoms with van der Waals surface area (Å²) in [6, 6.07) is 12.8. The van der Waals surface area contributed by atoms with E-state index in [9.17, 15) is 4.79 Å². The highest BCUT2D eigenvalue weighted by Crippen LogP contribution is 2.27. The Morgan fingerprint density at radius 2 is 2.07 bits per heavy atom. The SMILES string of the molecule is O=c1[nH]c2cnc3[nH]ccc3c2n1[C@@H]1CCCN(CCc2ccccc2)C1. The van der Waals surface area contributed by atoms with E-state index in [2.05, 4.69) is 50.2 Å². The Balaban J connectivity index is 1.43. The monoisotopic (exact) mass is 361 g/mol. The number of imidazole rings is 1. The van der Waals surface area contributed by atoms with E-state index in [1.807, 2.05) is 16.8 Å². The van der Waals surface area contributed by atoms with Gasteiger partial charge >= 0.3 is 5.69 Å². The molecule has 6 nitrogen and oxygen atoms in total. The van der Waals surface area contributed by atoms with Crippen molar-refractivity contribution < 1.29 is 0 Å². The first kappa shape index (κ1) is 16.3. The van der Waals surface area contributed by atoms with Crippen LogP contribution in [0.5, 0.6) is 0 Å². The summed E-state index contributed by atoms with van der Waals surface area (Å²) in [5, 5.41) is 1.01. The summed E-state index contributed by atoms with van der Waals surface area (Å²) < 4.78 is 1.96. The van der Waals surface area contributed by atoms with Gasteiger partial charge in [0.1, 0.15) is 5.65 Å². The van der Waals surface area contributed by atoms with Gasteiger partial charge in [0, 0.05) is 24.7 Å². The molecule has 138 valence electrons. The summed E-state index contributed by atoms with van der Waals surface area (Å²) in [4.78, 5) is 25.8. The first-order valence-corrected chi connectivity index (χ1v) is 9.62. The number of nitrogens with zero attached hydrogens (tertiary/aromatic N) is 3. The van der Waals surface area contributed by atoms with E-state index < -0.39 is 0 Å². The first-order valence-electron chi connectivity index (χ1n) is 9.62. The summed E-state index contributed by atoms with van der Waals surface area (Å²) in [5.74, 6) is 0. The van der Waals surface area contributed by atoms with Crippen LogP contribution in [-0.2, 0) is 6.42 Å². The van der Waals surface area contributed by atoms with Gasteiger partial charge in [0.15, 0.2) is 0 Å². The standard InChI is InChI=1S/C21H23N5O/c27-21-24-18-13-23-20-17(8-10-22-20)19(18)26(21)16-7-4-11-25(14-16)12-9-15-5-2-1-3-6-15/h1-3,5-6,8,10,13,16H,4,7,9,11-12,14H2,(H,22,23)(H,24,27)/t16-/m1/s1. The number of fused-ring (bicyclic) bond motifs is 3. The number of H-pyrrole nitrogens is 2. The Kier molecular flexibility index (Phi) is 4.05. The maximum absolute atomic E-state index is 12.7. The molecule has 27 heavy (non-hydrogen) atoms. The van der Waals surface area contributed by atoms with Crippen molar-refractivity contribution in [1.82, 2.24) is 24.4 Å². The Hall–Kier alpha value is -2.86. The highest BCUT2D eigenvalue weighted by atomic mass is 16.1. The molecule has 1 fully saturated rings. The van der Waals surface area contributed by atoms with Crippen LogP contribution in [0.3, 0.4) is 0 Å². The zero-order valence-electron chi connectivity index (χ0n) is 15.2. The predicted octanol–water partition coefficient (Wildman–Crippen LogP) is 3.09. The predicted molar refractivity (Wildman–Crippen MR) is 107 cm³/mol. The molecular formula is C21H23N5O. The molecule has 1 aliphatic heterocycles. The van der Waals surface area contributed by atoms with E-state index in [0.717, 1.165) is 61.0 Å². The number of piperidine rings is 1. The first-order chi connectivity index (χ1) is 13.3. The summed E-state index contributed by atoms with van der Waals surface area (Å²) in [6.07, 6.45) is 6.82. The van der Waals surface area contributed by atoms with Gasteiger partial charge in [-0.3, -0.25) is 4.57 Å². The fourth-order valence-corrected chi connectivity index (χ4v) is 4.35. The van der Waals surface area contributed by atoms with Crippen molar-refractivity contribution in [2.24, 2.45) is 0 Å². The van der Waals surface area contributed by atoms with Crippen molar-refractivity contribution in [2.75, 3.05) is 19.6 Å². The number of hydrogen-bond donors (Lipinski definition) is 2. The van der Waals surface area contributed by atoms with Crippen LogP contribution < -0.4 is 5.69 Å². The number of aromatic nitrogens is 4. The molecule has 0 unspecified atom stereocenters. The number of nitrogens with one attached hydrogen (secondary N) is 2. The van der Waals surface area contributed by atoms with Crippen LogP contribution in [0.25, 0.3) is 22.1 Å². The number of rotatable bonds is 4. The summed E-state index contributed by atoms with van der Waals surface area (Å²) in [5.41, 5.74) is 3.95. The lowest BCUT2D eigenvalue weighted by molar-refractivity contribution is 0.179. The maximum atomic E-state index is 12.7. The summed E-state index contributed by atoms with van der Waals surface area (Å²) in [6.45, 7) is 3.04. The fraction of sp³-hybridized carbons (Fsp3) is 0.333. The van der Waals surface area contributed by atoms with Crippen LogP contribution in [-0.4, -0.2) is 44.1 Å². The minimum Gasteiger partial charge on any atom is -0.346 e. The molecule has 0 bridgehead atoms. The van der Waals surface area contributed by atoms with Gasteiger partial charge in [-0.2, -0.15) is 0 Å². The van der Waals surface area contributed by atoms with Crippen LogP contribution in [0.1, 0.15) is 24.4 Å². The van der Waals surface area contributed by atoms with E-state index in [1.165, 1.54) is 5.56 Å². The number of likely N-dealkylation sites (tertiary alicyclic amines) is 1. The van der Waals surface area contributed by atoms with Gasteiger partial charge in [-0.1, -0.05) is 30.3 Å². The molecule has 4 heterocycles. The largest absolute Gasteiger partial charge is 0.346 e. The Morgan fingerprint density at radius 1 is 1.19 bits per heavy atom. The minimum absolute atomic E-state index is 0.0320. The lowest BCUT2D eigenvalue weighted by Crippen LogP contribution is -2.40. The van der Waals surface area contributed by atoms with Gasteiger partial charge in [-0.25, -0.2) is 9.78 Å². The van der Waals surface area contributed by atoms with Gasteiger partial charge in [0.25, 0.3) is 0 Å². The smallest absolute Gasteiger partial charge is 0.326 e. The topological polar surface area (TPSA) is 69.7 Å². The molecule has 6 heteroatoms. The molecule has 0 saturated carbocycles. The van der Waals surface area contributed by atoms with E-state index >= 15 is 0 Å². The minimum atomic E-state index is -0.0320. The van der Waals surface area contributed by atoms with Gasteiger partial charge in [-0.05, 0) is 37.4 Å². The summed E-state index contributed by atoms with van der Waals surface area (Å²) >= 11 is 0. The highest BCUT2D eigenvalue weighted by molar-refractivity contribution is 6.00. The number of pyridine rings is 1. The quantitative estimate of drug-likeness (QED) is 0.587. The second-order valence-electron chi connectivity index (χ2n) is 7.39. The Morgan fingerprint density at radius 3 is 2.96 bits per heavy atom. The van der Waals surface area contributed by atoms with Crippen molar-refractivity contribution in [3.63, 3.8) is 0 Å². The zero-order chi connectivity index (χ0) is 18.2. The molecule has 1 aliphatic rings. The molecule has 1 aromatic carbocycles. The van der Waals surface area contributed by atoms with Gasteiger partial charge in [0.2, 0.25) is 0 Å². The van der Waals surface area contributed by atoms with Crippen LogP contribution >= 0.6 is 0 Å². The second-order valence-corrected chi connectivity index (χ2v) is 7.39. The molecule has 1 atom stereocenters. The second kappa shape index (κ2) is 6.70. The lowest BCUT2D eigenvalue weighted by atomic mass is 10.0. The van der Waals surface area contributed by atoms with E-state index in [0.29, 0.717) is 0 Å². The molecule has 0 spiro atoms. The molecule has 0 amide bonds. The van der Waals surface area contributed by atoms with Gasteiger partial charge in [-0.15, -0.1) is 0 Å². The fourth-order valence-electron chi connectivity index (χ4n) is 4.35. The van der Waals surface area contributed by atoms with Gasteiger partial charge < -0.3 is 14.9 Å². The third-order valence-corrected chi connectivity index (χ3v) is 5.66. The summed E-state index contributed by atoms with van der Waals surface area (Å²) in [7, 11) is 0. The van der Waals surface area contributed by atoms with Crippen LogP contribution in [0.15, 0.2) is 53.6 Å². The molecule has 4 aromatic rings. The molecule has 0 aliphatic carbocycles. The van der Waals surface area contributed by atoms with Crippen molar-refractivity contribution >= 4 is 22.1 Å². The normalized spacial score (nSPS) is 18.4. The maximum Gasteiger partial charge on any atom is 0.326 e. The van der Waals surface area contributed by atoms with Crippen LogP contribution in [0.2, 0.25) is 0 Å². The number of hydrogen-bond acceptors (Lipinski definition) is 3. The molecule has 5 rings (SSSR count). The van der Waals surface area contributed by atoms with Crippen molar-refractivity contribution in [3.05, 3.63) is 64.8 Å². The molecular weight excluding hydrogens is 338 g/mol. The highest BCUT2D eigenvalue weighted by Gasteiger charge is 2.25. The van der Waals surface area contributed by atoms with E-state index in [1.54, 1.807) is 6.20 Å². The van der Waals surface area contributed by atoms with Crippen molar-refractivity contribution in [3.8, 4) is 0 Å². The van der Waals surface area contributed by atoms with Crippen molar-refractivity contribution in [1.29, 1.82) is 0 Å². The third kappa shape index (κ3) is 2.96. The lowest BCUT2D eigenvalue weighted by Gasteiger charge is -2.33. The average Bonchev–Trinajstić information content (AvgIpc) is 3.30. The van der Waals surface area contributed by atoms with E-state index in [-0.39, 0.29) is 11.7 Å². The van der Waals surface area contributed by atoms with E-state index in [4.69, 9.17) is 0 Å². The third-order valence-electron chi connectivity index (χ3n) is 5.66. The average molecular weight is 361 g/mol.